The van der Waals surface area contributed by atoms with Crippen molar-refractivity contribution in [2.45, 2.75) is 39.1 Å². The Bertz CT molecular complexity index is 953. The van der Waals surface area contributed by atoms with E-state index in [1.165, 1.54) is 6.07 Å². The number of hydrogen-bond acceptors (Lipinski definition) is 4. The average molecular weight is 340 g/mol. The van der Waals surface area contributed by atoms with E-state index in [-0.39, 0.29) is 11.7 Å². The second kappa shape index (κ2) is 5.35. The van der Waals surface area contributed by atoms with Crippen LogP contribution in [0, 0.1) is 17.4 Å². The van der Waals surface area contributed by atoms with E-state index in [1.807, 2.05) is 13.8 Å². The van der Waals surface area contributed by atoms with E-state index in [4.69, 9.17) is 9.15 Å². The summed E-state index contributed by atoms with van der Waals surface area (Å²) in [6.07, 6.45) is 0. The lowest BCUT2D eigenvalue weighted by Gasteiger charge is -2.26. The predicted molar refractivity (Wildman–Crippen MR) is 96.1 cm³/mol. The number of benzene rings is 1. The van der Waals surface area contributed by atoms with Crippen LogP contribution in [0.5, 0.6) is 5.75 Å². The van der Waals surface area contributed by atoms with Gasteiger partial charge in [-0.2, -0.15) is 0 Å². The normalized spacial score (nSPS) is 19.8. The lowest BCUT2D eigenvalue weighted by atomic mass is 9.85. The number of ether oxygens (including phenoxy) is 1. The Morgan fingerprint density at radius 3 is 2.46 bits per heavy atom. The van der Waals surface area contributed by atoms with Crippen LogP contribution in [0.4, 0.5) is 0 Å². The first-order valence-corrected chi connectivity index (χ1v) is 11.5. The average Bonchev–Trinajstić information content (AvgIpc) is 2.75. The van der Waals surface area contributed by atoms with Crippen LogP contribution < -0.4 is 10.4 Å². The van der Waals surface area contributed by atoms with Crippen LogP contribution in [0.2, 0.25) is 19.6 Å². The Balaban J connectivity index is 2.18. The fourth-order valence-corrected chi connectivity index (χ4v) is 3.23. The van der Waals surface area contributed by atoms with Gasteiger partial charge in [0.05, 0.1) is 5.56 Å². The molecular formula is C19H20O4Si. The van der Waals surface area contributed by atoms with Gasteiger partial charge in [0.2, 0.25) is 11.4 Å². The zero-order valence-electron chi connectivity index (χ0n) is 14.5. The molecule has 1 atom stereocenters. The molecule has 124 valence electrons. The largest absolute Gasteiger partial charge is 0.466 e. The molecule has 0 aliphatic carbocycles. The molecule has 0 radical (unpaired) electrons. The first-order chi connectivity index (χ1) is 11.1. The molecule has 0 N–H and O–H groups in total. The molecule has 0 bridgehead atoms. The molecule has 0 fully saturated rings. The lowest BCUT2D eigenvalue weighted by Crippen LogP contribution is -2.44. The van der Waals surface area contributed by atoms with Gasteiger partial charge in [-0.25, -0.2) is 4.79 Å². The fraction of sp³-hybridized carbons (Fsp3) is 0.368. The van der Waals surface area contributed by atoms with Crippen molar-refractivity contribution >= 4 is 24.8 Å². The second-order valence-corrected chi connectivity index (χ2v) is 12.2. The van der Waals surface area contributed by atoms with Crippen LogP contribution >= 0.6 is 0 Å². The van der Waals surface area contributed by atoms with Gasteiger partial charge in [-0.1, -0.05) is 39.4 Å². The van der Waals surface area contributed by atoms with E-state index >= 15 is 0 Å². The van der Waals surface area contributed by atoms with Crippen molar-refractivity contribution < 1.29 is 13.9 Å². The van der Waals surface area contributed by atoms with E-state index in [0.717, 1.165) is 0 Å². The molecule has 0 saturated carbocycles. The Labute approximate surface area is 141 Å². The summed E-state index contributed by atoms with van der Waals surface area (Å²) < 4.78 is 11.2. The number of hydrogen-bond donors (Lipinski definition) is 0. The highest BCUT2D eigenvalue weighted by Gasteiger charge is 2.49. The van der Waals surface area contributed by atoms with E-state index in [9.17, 15) is 9.59 Å². The minimum atomic E-state index is -1.66. The highest BCUT2D eigenvalue weighted by Crippen LogP contribution is 2.41. The molecule has 1 aromatic carbocycles. The number of fused-ring (bicyclic) bond motifs is 2. The molecular weight excluding hydrogens is 320 g/mol. The maximum Gasteiger partial charge on any atom is 0.336 e. The Morgan fingerprint density at radius 2 is 1.83 bits per heavy atom. The van der Waals surface area contributed by atoms with Crippen LogP contribution in [0.3, 0.4) is 0 Å². The minimum absolute atomic E-state index is 0.101. The van der Waals surface area contributed by atoms with Gasteiger partial charge in [0, 0.05) is 23.4 Å². The van der Waals surface area contributed by atoms with Crippen molar-refractivity contribution in [2.24, 2.45) is 5.92 Å². The van der Waals surface area contributed by atoms with Crippen molar-refractivity contribution in [2.75, 3.05) is 0 Å². The van der Waals surface area contributed by atoms with Gasteiger partial charge in [0.15, 0.2) is 0 Å². The minimum Gasteiger partial charge on any atom is -0.466 e. The summed E-state index contributed by atoms with van der Waals surface area (Å²) >= 11 is 0. The zero-order chi connectivity index (χ0) is 17.7. The molecule has 0 saturated heterocycles. The molecule has 1 aliphatic heterocycles. The molecule has 1 aliphatic rings. The molecule has 1 aromatic heterocycles. The van der Waals surface area contributed by atoms with Gasteiger partial charge in [0.1, 0.15) is 19.4 Å². The lowest BCUT2D eigenvalue weighted by molar-refractivity contribution is 0.0606. The van der Waals surface area contributed by atoms with E-state index in [2.05, 4.69) is 31.1 Å². The first kappa shape index (κ1) is 16.5. The van der Waals surface area contributed by atoms with Gasteiger partial charge in [-0.15, -0.1) is 5.54 Å². The molecule has 3 rings (SSSR count). The van der Waals surface area contributed by atoms with Crippen LogP contribution in [0.25, 0.3) is 11.0 Å². The molecule has 2 heterocycles. The van der Waals surface area contributed by atoms with Crippen molar-refractivity contribution in [3.05, 3.63) is 40.2 Å². The van der Waals surface area contributed by atoms with Crippen molar-refractivity contribution in [3.63, 3.8) is 0 Å². The molecule has 4 nitrogen and oxygen atoms in total. The number of carbonyl (C=O) groups is 1. The van der Waals surface area contributed by atoms with Crippen LogP contribution in [-0.4, -0.2) is 19.5 Å². The Kier molecular flexibility index (Phi) is 3.69. The summed E-state index contributed by atoms with van der Waals surface area (Å²) in [6.45, 7) is 10.3. The Hall–Kier alpha value is -2.32. The zero-order valence-corrected chi connectivity index (χ0v) is 15.5. The SMILES string of the molecule is CC(C)C1(C#C[Si](C)(C)C)Oc2cc3oc(=O)ccc3cc2C1=O. The van der Waals surface area contributed by atoms with Gasteiger partial charge in [-0.3, -0.25) is 4.79 Å². The number of rotatable bonds is 1. The van der Waals surface area contributed by atoms with E-state index < -0.39 is 19.3 Å². The van der Waals surface area contributed by atoms with Gasteiger partial charge >= 0.3 is 5.63 Å². The van der Waals surface area contributed by atoms with Crippen molar-refractivity contribution in [1.29, 1.82) is 0 Å². The smallest absolute Gasteiger partial charge is 0.336 e. The summed E-state index contributed by atoms with van der Waals surface area (Å²) in [6, 6.07) is 6.33. The third-order valence-electron chi connectivity index (χ3n) is 4.01. The van der Waals surface area contributed by atoms with Crippen LogP contribution in [-0.2, 0) is 0 Å². The van der Waals surface area contributed by atoms with Crippen molar-refractivity contribution in [3.8, 4) is 17.2 Å². The molecule has 0 spiro atoms. The molecule has 0 amide bonds. The first-order valence-electron chi connectivity index (χ1n) is 7.98. The molecule has 2 aromatic rings. The van der Waals surface area contributed by atoms with E-state index in [1.54, 1.807) is 18.2 Å². The maximum absolute atomic E-state index is 13.1. The molecule has 24 heavy (non-hydrogen) atoms. The summed E-state index contributed by atoms with van der Waals surface area (Å²) in [7, 11) is -1.66. The quantitative estimate of drug-likeness (QED) is 0.452. The van der Waals surface area contributed by atoms with Gasteiger partial charge in [0.25, 0.3) is 0 Å². The highest BCUT2D eigenvalue weighted by molar-refractivity contribution is 6.83. The monoisotopic (exact) mass is 340 g/mol. The summed E-state index contributed by atoms with van der Waals surface area (Å²) in [5, 5.41) is 0.697. The number of carbonyl (C=O) groups excluding carboxylic acids is 1. The summed E-state index contributed by atoms with van der Waals surface area (Å²) in [5.74, 6) is 3.36. The van der Waals surface area contributed by atoms with Crippen LogP contribution in [0.15, 0.2) is 33.5 Å². The van der Waals surface area contributed by atoms with Gasteiger partial charge < -0.3 is 9.15 Å². The fourth-order valence-electron chi connectivity index (χ4n) is 2.67. The van der Waals surface area contributed by atoms with Crippen molar-refractivity contribution in [1.82, 2.24) is 0 Å². The standard InChI is InChI=1S/C19H20O4Si/c1-12(2)19(8-9-24(3,4)5)18(21)14-10-13-6-7-17(20)22-15(13)11-16(14)23-19/h6-7,10-12H,1-5H3. The predicted octanol–water partition coefficient (Wildman–Crippen LogP) is 3.64. The highest BCUT2D eigenvalue weighted by atomic mass is 28.3. The third kappa shape index (κ3) is 2.67. The van der Waals surface area contributed by atoms with E-state index in [0.29, 0.717) is 22.3 Å². The maximum atomic E-state index is 13.1. The molecule has 1 unspecified atom stereocenters. The second-order valence-electron chi connectivity index (χ2n) is 7.46. The van der Waals surface area contributed by atoms with Gasteiger partial charge in [-0.05, 0) is 12.1 Å². The summed E-state index contributed by atoms with van der Waals surface area (Å²) in [5.41, 5.74) is 2.58. The number of ketones is 1. The van der Waals surface area contributed by atoms with Crippen LogP contribution in [0.1, 0.15) is 24.2 Å². The Morgan fingerprint density at radius 1 is 1.12 bits per heavy atom. The third-order valence-corrected chi connectivity index (χ3v) is 4.89. The number of Topliss-reactive ketones (excluding diaryl/α,β-unsaturated/α-hetero) is 1. The molecule has 5 heteroatoms. The topological polar surface area (TPSA) is 56.5 Å². The summed E-state index contributed by atoms with van der Waals surface area (Å²) in [4.78, 5) is 24.5.